The van der Waals surface area contributed by atoms with E-state index < -0.39 is 0 Å². The minimum atomic E-state index is 0.644. The highest BCUT2D eigenvalue weighted by atomic mass is 15.0. The van der Waals surface area contributed by atoms with Crippen LogP contribution in [0.1, 0.15) is 0 Å². The molecule has 0 amide bonds. The highest BCUT2D eigenvalue weighted by Crippen LogP contribution is 2.40. The van der Waals surface area contributed by atoms with Crippen molar-refractivity contribution in [3.8, 4) is 34.2 Å². The Balaban J connectivity index is 1.40. The van der Waals surface area contributed by atoms with Gasteiger partial charge in [0, 0.05) is 49.8 Å². The molecule has 0 unspecified atom stereocenters. The Hall–Kier alpha value is -6.33. The van der Waals surface area contributed by atoms with Gasteiger partial charge in [-0.25, -0.2) is 15.0 Å². The maximum Gasteiger partial charge on any atom is 0.164 e. The summed E-state index contributed by atoms with van der Waals surface area (Å²) in [6, 6.07) is 51.0. The topological polar surface area (TPSA) is 47.5 Å². The molecule has 10 aromatic rings. The standard InChI is InChI=1S/C41H25N5/c1-3-12-27(13-4-1)39-42-40(28-14-5-2-6-15-28)44-41(43-39)29-24-32-30-17-7-9-19-34(30)45-23-22-26-16-11-21-36(37(26)45)46-35-20-10-8-18-31(35)33(25-29)38(32)46/h1-25H. The Bertz CT molecular complexity index is 2740. The molecule has 0 aliphatic heterocycles. The molecule has 214 valence electrons. The van der Waals surface area contributed by atoms with E-state index in [1.54, 1.807) is 0 Å². The maximum atomic E-state index is 5.11. The van der Waals surface area contributed by atoms with Gasteiger partial charge in [-0.1, -0.05) is 109 Å². The quantitative estimate of drug-likeness (QED) is 0.207. The third-order valence-corrected chi connectivity index (χ3v) is 9.11. The number of rotatable bonds is 3. The van der Waals surface area contributed by atoms with Crippen LogP contribution in [-0.2, 0) is 0 Å². The maximum absolute atomic E-state index is 5.11. The van der Waals surface area contributed by atoms with Crippen molar-refractivity contribution in [2.45, 2.75) is 0 Å². The average Bonchev–Trinajstić information content (AvgIpc) is 3.71. The Labute approximate surface area is 263 Å². The van der Waals surface area contributed by atoms with E-state index in [1.807, 2.05) is 60.7 Å². The van der Waals surface area contributed by atoms with Crippen molar-refractivity contribution in [1.82, 2.24) is 23.8 Å². The van der Waals surface area contributed by atoms with Crippen LogP contribution in [0.2, 0.25) is 0 Å². The van der Waals surface area contributed by atoms with E-state index in [-0.39, 0.29) is 0 Å². The van der Waals surface area contributed by atoms with Crippen molar-refractivity contribution in [3.63, 3.8) is 0 Å². The van der Waals surface area contributed by atoms with E-state index in [1.165, 1.54) is 27.3 Å². The minimum absolute atomic E-state index is 0.644. The van der Waals surface area contributed by atoms with Crippen molar-refractivity contribution in [2.24, 2.45) is 0 Å². The van der Waals surface area contributed by atoms with Gasteiger partial charge in [0.25, 0.3) is 0 Å². The van der Waals surface area contributed by atoms with Crippen molar-refractivity contribution in [2.75, 3.05) is 0 Å². The second-order valence-corrected chi connectivity index (χ2v) is 11.7. The van der Waals surface area contributed by atoms with E-state index in [9.17, 15) is 0 Å². The molecule has 0 bridgehead atoms. The fourth-order valence-electron chi connectivity index (χ4n) is 7.09. The molecule has 0 aliphatic carbocycles. The lowest BCUT2D eigenvalue weighted by atomic mass is 10.0. The smallest absolute Gasteiger partial charge is 0.164 e. The van der Waals surface area contributed by atoms with Gasteiger partial charge < -0.3 is 8.80 Å². The van der Waals surface area contributed by atoms with Crippen LogP contribution in [0.4, 0.5) is 0 Å². The largest absolute Gasteiger partial charge is 0.314 e. The summed E-state index contributed by atoms with van der Waals surface area (Å²) in [6.07, 6.45) is 2.19. The number of hydrogen-bond acceptors (Lipinski definition) is 3. The highest BCUT2D eigenvalue weighted by molar-refractivity contribution is 6.22. The molecule has 0 saturated carbocycles. The lowest BCUT2D eigenvalue weighted by molar-refractivity contribution is 1.07. The molecule has 0 aliphatic rings. The zero-order valence-electron chi connectivity index (χ0n) is 24.7. The summed E-state index contributed by atoms with van der Waals surface area (Å²) < 4.78 is 4.77. The molecule has 5 heteroatoms. The van der Waals surface area contributed by atoms with Gasteiger partial charge in [0.1, 0.15) is 0 Å². The summed E-state index contributed by atoms with van der Waals surface area (Å²) >= 11 is 0. The van der Waals surface area contributed by atoms with Gasteiger partial charge >= 0.3 is 0 Å². The molecular formula is C41H25N5. The number of para-hydroxylation sites is 3. The molecule has 0 N–H and O–H groups in total. The predicted octanol–water partition coefficient (Wildman–Crippen LogP) is 9.99. The van der Waals surface area contributed by atoms with Gasteiger partial charge in [-0.2, -0.15) is 0 Å². The summed E-state index contributed by atoms with van der Waals surface area (Å²) in [6.45, 7) is 0. The zero-order valence-corrected chi connectivity index (χ0v) is 24.7. The minimum Gasteiger partial charge on any atom is -0.314 e. The third-order valence-electron chi connectivity index (χ3n) is 9.11. The molecule has 0 radical (unpaired) electrons. The van der Waals surface area contributed by atoms with E-state index in [4.69, 9.17) is 15.0 Å². The van der Waals surface area contributed by atoms with E-state index >= 15 is 0 Å². The zero-order chi connectivity index (χ0) is 30.2. The highest BCUT2D eigenvalue weighted by Gasteiger charge is 2.19. The average molecular weight is 588 g/mol. The fraction of sp³-hybridized carbons (Fsp3) is 0. The van der Waals surface area contributed by atoms with Crippen molar-refractivity contribution >= 4 is 54.5 Å². The number of aromatic nitrogens is 5. The lowest BCUT2D eigenvalue weighted by Gasteiger charge is -2.12. The summed E-state index contributed by atoms with van der Waals surface area (Å²) in [7, 11) is 0. The van der Waals surface area contributed by atoms with Crippen molar-refractivity contribution in [1.29, 1.82) is 0 Å². The Kier molecular flexibility index (Phi) is 5.22. The van der Waals surface area contributed by atoms with Crippen LogP contribution in [0.15, 0.2) is 152 Å². The Morgan fingerprint density at radius 1 is 0.370 bits per heavy atom. The van der Waals surface area contributed by atoms with Gasteiger partial charge in [-0.3, -0.25) is 0 Å². The first kappa shape index (κ1) is 25.0. The summed E-state index contributed by atoms with van der Waals surface area (Å²) in [5.41, 5.74) is 8.71. The monoisotopic (exact) mass is 587 g/mol. The fourth-order valence-corrected chi connectivity index (χ4v) is 7.09. The molecule has 0 fully saturated rings. The molecule has 10 rings (SSSR count). The molecule has 5 nitrogen and oxygen atoms in total. The summed E-state index contributed by atoms with van der Waals surface area (Å²) in [5.74, 6) is 1.95. The lowest BCUT2D eigenvalue weighted by Crippen LogP contribution is -2.00. The number of hydrogen-bond donors (Lipinski definition) is 0. The second-order valence-electron chi connectivity index (χ2n) is 11.7. The van der Waals surface area contributed by atoms with E-state index in [2.05, 4.69) is 99.9 Å². The molecule has 6 aromatic carbocycles. The number of benzene rings is 6. The molecular weight excluding hydrogens is 562 g/mol. The molecule has 0 spiro atoms. The number of nitrogens with zero attached hydrogens (tertiary/aromatic N) is 5. The Morgan fingerprint density at radius 3 is 1.54 bits per heavy atom. The van der Waals surface area contributed by atoms with Gasteiger partial charge in [-0.05, 0) is 36.4 Å². The summed E-state index contributed by atoms with van der Waals surface area (Å²) in [4.78, 5) is 15.2. The molecule has 4 heterocycles. The molecule has 0 atom stereocenters. The van der Waals surface area contributed by atoms with E-state index in [0.29, 0.717) is 17.5 Å². The van der Waals surface area contributed by atoms with Gasteiger partial charge in [-0.15, -0.1) is 0 Å². The van der Waals surface area contributed by atoms with Crippen LogP contribution in [0.3, 0.4) is 0 Å². The molecule has 0 saturated heterocycles. The van der Waals surface area contributed by atoms with Gasteiger partial charge in [0.05, 0.1) is 27.6 Å². The SMILES string of the molecule is c1ccc(-c2nc(-c3ccccc3)nc(-c3cc4c5ccccc5n5ccc6cccc(c65)n5c6ccccc6c(c3)c45)n2)cc1. The first-order valence-electron chi connectivity index (χ1n) is 15.5. The third kappa shape index (κ3) is 3.60. The molecule has 46 heavy (non-hydrogen) atoms. The first-order valence-corrected chi connectivity index (χ1v) is 15.5. The molecule has 4 aromatic heterocycles. The van der Waals surface area contributed by atoms with Crippen LogP contribution in [0.5, 0.6) is 0 Å². The second kappa shape index (κ2) is 9.58. The first-order chi connectivity index (χ1) is 22.8. The predicted molar refractivity (Wildman–Crippen MR) is 188 cm³/mol. The van der Waals surface area contributed by atoms with Crippen LogP contribution < -0.4 is 0 Å². The van der Waals surface area contributed by atoms with Gasteiger partial charge in [0.2, 0.25) is 0 Å². The van der Waals surface area contributed by atoms with Crippen LogP contribution >= 0.6 is 0 Å². The van der Waals surface area contributed by atoms with Crippen LogP contribution in [0, 0.1) is 0 Å². The number of fused-ring (bicyclic) bond motifs is 7. The van der Waals surface area contributed by atoms with Crippen LogP contribution in [-0.4, -0.2) is 23.8 Å². The van der Waals surface area contributed by atoms with E-state index in [0.717, 1.165) is 43.9 Å². The Morgan fingerprint density at radius 2 is 0.891 bits per heavy atom. The van der Waals surface area contributed by atoms with Crippen LogP contribution in [0.25, 0.3) is 88.7 Å². The summed E-state index contributed by atoms with van der Waals surface area (Å²) in [5, 5.41) is 5.86. The normalized spacial score (nSPS) is 11.9. The van der Waals surface area contributed by atoms with Crippen molar-refractivity contribution < 1.29 is 0 Å². The van der Waals surface area contributed by atoms with Crippen molar-refractivity contribution in [3.05, 3.63) is 152 Å². The van der Waals surface area contributed by atoms with Gasteiger partial charge in [0.15, 0.2) is 17.5 Å².